The molecule has 1 aliphatic rings. The predicted octanol–water partition coefficient (Wildman–Crippen LogP) is 5.10. The molecular weight excluding hydrogens is 272 g/mol. The molecule has 0 atom stereocenters. The van der Waals surface area contributed by atoms with Gasteiger partial charge < -0.3 is 5.11 Å². The minimum atomic E-state index is -0.803. The van der Waals surface area contributed by atoms with Crippen molar-refractivity contribution >= 4 is 18.4 Å². The highest BCUT2D eigenvalue weighted by molar-refractivity contribution is 5.89. The molecule has 20 heavy (non-hydrogen) atoms. The van der Waals surface area contributed by atoms with Crippen LogP contribution in [0.3, 0.4) is 0 Å². The molecule has 0 heterocycles. The Morgan fingerprint density at radius 1 is 1.10 bits per heavy atom. The number of benzene rings is 1. The Hall–Kier alpha value is -1.02. The first kappa shape index (κ1) is 17.0. The van der Waals surface area contributed by atoms with Crippen molar-refractivity contribution in [2.24, 2.45) is 5.92 Å². The van der Waals surface area contributed by atoms with Gasteiger partial charge in [0.05, 0.1) is 5.56 Å². The topological polar surface area (TPSA) is 37.3 Å². The van der Waals surface area contributed by atoms with Gasteiger partial charge in [0.15, 0.2) is 0 Å². The Kier molecular flexibility index (Phi) is 7.68. The Balaban J connectivity index is 0.00000200. The summed E-state index contributed by atoms with van der Waals surface area (Å²) in [4.78, 5) is 11.1. The zero-order valence-electron chi connectivity index (χ0n) is 12.0. The van der Waals surface area contributed by atoms with Crippen LogP contribution < -0.4 is 0 Å². The van der Waals surface area contributed by atoms with E-state index in [9.17, 15) is 4.79 Å². The maximum Gasteiger partial charge on any atom is 0.335 e. The summed E-state index contributed by atoms with van der Waals surface area (Å²) in [6, 6.07) is 7.39. The molecule has 1 aromatic carbocycles. The lowest BCUT2D eigenvalue weighted by atomic mass is 9.85. The van der Waals surface area contributed by atoms with E-state index >= 15 is 0 Å². The van der Waals surface area contributed by atoms with E-state index in [0.29, 0.717) is 5.56 Å². The van der Waals surface area contributed by atoms with Crippen molar-refractivity contribution in [3.05, 3.63) is 35.4 Å². The zero-order chi connectivity index (χ0) is 13.5. The summed E-state index contributed by atoms with van der Waals surface area (Å²) >= 11 is 0. The van der Waals surface area contributed by atoms with E-state index in [0.717, 1.165) is 24.3 Å². The van der Waals surface area contributed by atoms with Gasteiger partial charge in [0.1, 0.15) is 0 Å². The molecule has 1 aromatic rings. The first-order chi connectivity index (χ1) is 9.27. The van der Waals surface area contributed by atoms with Gasteiger partial charge in [-0.05, 0) is 30.4 Å². The van der Waals surface area contributed by atoms with Crippen LogP contribution in [-0.2, 0) is 6.42 Å². The molecule has 0 saturated heterocycles. The lowest BCUT2D eigenvalue weighted by molar-refractivity contribution is 0.0695. The number of rotatable bonds is 6. The Morgan fingerprint density at radius 2 is 1.80 bits per heavy atom. The van der Waals surface area contributed by atoms with Gasteiger partial charge in [0, 0.05) is 0 Å². The summed E-state index contributed by atoms with van der Waals surface area (Å²) in [7, 11) is 0. The van der Waals surface area contributed by atoms with Gasteiger partial charge in [-0.2, -0.15) is 0 Å². The molecule has 1 fully saturated rings. The lowest BCUT2D eigenvalue weighted by Gasteiger charge is -2.21. The second-order valence-corrected chi connectivity index (χ2v) is 5.71. The molecular formula is C17H25ClO2. The summed E-state index contributed by atoms with van der Waals surface area (Å²) in [6.07, 6.45) is 11.6. The van der Waals surface area contributed by atoms with Crippen LogP contribution >= 0.6 is 12.4 Å². The summed E-state index contributed by atoms with van der Waals surface area (Å²) in [5.74, 6) is 0.131. The second-order valence-electron chi connectivity index (χ2n) is 5.71. The Bertz CT molecular complexity index is 411. The SMILES string of the molecule is Cl.O=C(O)c1ccccc1CCCCC1CCCCC1. The van der Waals surface area contributed by atoms with Crippen LogP contribution in [0.15, 0.2) is 24.3 Å². The van der Waals surface area contributed by atoms with Crippen molar-refractivity contribution in [3.63, 3.8) is 0 Å². The molecule has 1 saturated carbocycles. The van der Waals surface area contributed by atoms with Crippen molar-refractivity contribution in [3.8, 4) is 0 Å². The number of halogens is 1. The molecule has 0 aliphatic heterocycles. The highest BCUT2D eigenvalue weighted by Crippen LogP contribution is 2.28. The van der Waals surface area contributed by atoms with Crippen LogP contribution in [-0.4, -0.2) is 11.1 Å². The van der Waals surface area contributed by atoms with Gasteiger partial charge in [-0.3, -0.25) is 0 Å². The van der Waals surface area contributed by atoms with Crippen molar-refractivity contribution in [2.75, 3.05) is 0 Å². The fraction of sp³-hybridized carbons (Fsp3) is 0.588. The van der Waals surface area contributed by atoms with Crippen LogP contribution in [0, 0.1) is 5.92 Å². The molecule has 2 nitrogen and oxygen atoms in total. The molecule has 0 amide bonds. The van der Waals surface area contributed by atoms with E-state index < -0.39 is 5.97 Å². The summed E-state index contributed by atoms with van der Waals surface area (Å²) in [5.41, 5.74) is 1.46. The van der Waals surface area contributed by atoms with Crippen LogP contribution in [0.5, 0.6) is 0 Å². The van der Waals surface area contributed by atoms with E-state index in [1.54, 1.807) is 12.1 Å². The van der Waals surface area contributed by atoms with Crippen LogP contribution in [0.2, 0.25) is 0 Å². The maximum absolute atomic E-state index is 11.1. The molecule has 0 spiro atoms. The summed E-state index contributed by atoms with van der Waals surface area (Å²) in [5, 5.41) is 9.13. The Labute approximate surface area is 128 Å². The third-order valence-corrected chi connectivity index (χ3v) is 4.28. The second kappa shape index (κ2) is 9.02. The molecule has 3 heteroatoms. The number of carboxylic acids is 1. The molecule has 1 N–H and O–H groups in total. The summed E-state index contributed by atoms with van der Waals surface area (Å²) < 4.78 is 0. The number of carboxylic acid groups (broad SMARTS) is 1. The largest absolute Gasteiger partial charge is 0.478 e. The fourth-order valence-corrected chi connectivity index (χ4v) is 3.17. The summed E-state index contributed by atoms with van der Waals surface area (Å²) in [6.45, 7) is 0. The minimum Gasteiger partial charge on any atom is -0.478 e. The van der Waals surface area contributed by atoms with E-state index in [4.69, 9.17) is 5.11 Å². The van der Waals surface area contributed by atoms with Gasteiger partial charge in [-0.25, -0.2) is 4.79 Å². The van der Waals surface area contributed by atoms with Crippen LogP contribution in [0.4, 0.5) is 0 Å². The van der Waals surface area contributed by atoms with Gasteiger partial charge in [0.2, 0.25) is 0 Å². The molecule has 1 aliphatic carbocycles. The molecule has 0 bridgehead atoms. The number of aromatic carboxylic acids is 1. The lowest BCUT2D eigenvalue weighted by Crippen LogP contribution is -2.06. The van der Waals surface area contributed by atoms with E-state index in [-0.39, 0.29) is 12.4 Å². The number of unbranched alkanes of at least 4 members (excludes halogenated alkanes) is 1. The van der Waals surface area contributed by atoms with Crippen molar-refractivity contribution in [2.45, 2.75) is 57.8 Å². The highest BCUT2D eigenvalue weighted by Gasteiger charge is 2.13. The Morgan fingerprint density at radius 3 is 2.50 bits per heavy atom. The molecule has 2 rings (SSSR count). The van der Waals surface area contributed by atoms with Crippen molar-refractivity contribution < 1.29 is 9.90 Å². The number of hydrogen-bond donors (Lipinski definition) is 1. The molecule has 0 unspecified atom stereocenters. The maximum atomic E-state index is 11.1. The van der Waals surface area contributed by atoms with Crippen LogP contribution in [0.1, 0.15) is 67.3 Å². The first-order valence-electron chi connectivity index (χ1n) is 7.58. The standard InChI is InChI=1S/C17H24O2.ClH/c18-17(19)16-13-7-6-12-15(16)11-5-4-10-14-8-2-1-3-9-14;/h6-7,12-14H,1-5,8-11H2,(H,18,19);1H. The first-order valence-corrected chi connectivity index (χ1v) is 7.58. The van der Waals surface area contributed by atoms with Gasteiger partial charge >= 0.3 is 5.97 Å². The van der Waals surface area contributed by atoms with E-state index in [1.165, 1.54) is 44.9 Å². The molecule has 0 aromatic heterocycles. The minimum absolute atomic E-state index is 0. The number of hydrogen-bond acceptors (Lipinski definition) is 1. The molecule has 0 radical (unpaired) electrons. The predicted molar refractivity (Wildman–Crippen MR) is 84.8 cm³/mol. The molecule has 112 valence electrons. The van der Waals surface area contributed by atoms with Gasteiger partial charge in [-0.15, -0.1) is 12.4 Å². The highest BCUT2D eigenvalue weighted by atomic mass is 35.5. The van der Waals surface area contributed by atoms with Crippen molar-refractivity contribution in [1.82, 2.24) is 0 Å². The quantitative estimate of drug-likeness (QED) is 0.742. The van der Waals surface area contributed by atoms with E-state index in [1.807, 2.05) is 12.1 Å². The number of carbonyl (C=O) groups is 1. The third kappa shape index (κ3) is 5.16. The van der Waals surface area contributed by atoms with Gasteiger partial charge in [0.25, 0.3) is 0 Å². The van der Waals surface area contributed by atoms with E-state index in [2.05, 4.69) is 0 Å². The van der Waals surface area contributed by atoms with Crippen molar-refractivity contribution in [1.29, 1.82) is 0 Å². The fourth-order valence-electron chi connectivity index (χ4n) is 3.17. The van der Waals surface area contributed by atoms with Gasteiger partial charge in [-0.1, -0.05) is 63.1 Å². The average molecular weight is 297 g/mol. The third-order valence-electron chi connectivity index (χ3n) is 4.28. The van der Waals surface area contributed by atoms with Crippen LogP contribution in [0.25, 0.3) is 0 Å². The normalized spacial score (nSPS) is 15.6. The monoisotopic (exact) mass is 296 g/mol. The number of aryl methyl sites for hydroxylation is 1. The average Bonchev–Trinajstić information content (AvgIpc) is 2.45. The smallest absolute Gasteiger partial charge is 0.335 e. The zero-order valence-corrected chi connectivity index (χ0v) is 12.8.